The highest BCUT2D eigenvalue weighted by molar-refractivity contribution is 5.60. The fraction of sp³-hybridized carbons (Fsp3) is 0.300. The summed E-state index contributed by atoms with van der Waals surface area (Å²) in [5.74, 6) is 1.38. The van der Waals surface area contributed by atoms with Gasteiger partial charge in [-0.2, -0.15) is 18.3 Å². The van der Waals surface area contributed by atoms with Crippen LogP contribution < -0.4 is 10.1 Å². The molecule has 2 aromatic heterocycles. The molecule has 2 heterocycles. The normalized spacial score (nSPS) is 10.8. The maximum absolute atomic E-state index is 12.8. The van der Waals surface area contributed by atoms with E-state index in [4.69, 9.17) is 4.74 Å². The number of hydrogen-bond acceptors (Lipinski definition) is 4. The van der Waals surface area contributed by atoms with Gasteiger partial charge in [0.05, 0.1) is 12.8 Å². The van der Waals surface area contributed by atoms with Crippen LogP contribution in [-0.2, 0) is 19.8 Å². The van der Waals surface area contributed by atoms with Crippen molar-refractivity contribution >= 4 is 5.82 Å². The molecule has 5 nitrogen and oxygen atoms in total. The molecule has 0 aliphatic rings. The molecule has 0 amide bonds. The largest absolute Gasteiger partial charge is 0.496 e. The predicted molar refractivity (Wildman–Crippen MR) is 103 cm³/mol. The van der Waals surface area contributed by atoms with Gasteiger partial charge in [0.25, 0.3) is 0 Å². The number of halogens is 3. The Labute approximate surface area is 162 Å². The fourth-order valence-corrected chi connectivity index (χ4v) is 2.56. The van der Waals surface area contributed by atoms with Gasteiger partial charge in [-0.1, -0.05) is 32.0 Å². The van der Waals surface area contributed by atoms with Crippen LogP contribution in [0, 0.1) is 0 Å². The Morgan fingerprint density at radius 2 is 1.82 bits per heavy atom. The third-order valence-electron chi connectivity index (χ3n) is 3.88. The summed E-state index contributed by atoms with van der Waals surface area (Å²) in [6.07, 6.45) is -2.96. The van der Waals surface area contributed by atoms with Gasteiger partial charge in [-0.15, -0.1) is 0 Å². The first-order valence-electron chi connectivity index (χ1n) is 8.82. The average Bonchev–Trinajstić information content (AvgIpc) is 3.11. The third-order valence-corrected chi connectivity index (χ3v) is 3.88. The smallest absolute Gasteiger partial charge is 0.435 e. The van der Waals surface area contributed by atoms with Crippen molar-refractivity contribution in [2.45, 2.75) is 26.6 Å². The van der Waals surface area contributed by atoms with Gasteiger partial charge < -0.3 is 10.1 Å². The lowest BCUT2D eigenvalue weighted by Gasteiger charge is -2.10. The first-order valence-corrected chi connectivity index (χ1v) is 8.82. The lowest BCUT2D eigenvalue weighted by molar-refractivity contribution is -0.141. The predicted octanol–water partition coefficient (Wildman–Crippen LogP) is 5.15. The van der Waals surface area contributed by atoms with Crippen molar-refractivity contribution in [2.75, 3.05) is 12.4 Å². The average molecular weight is 392 g/mol. The van der Waals surface area contributed by atoms with Gasteiger partial charge in [0, 0.05) is 30.9 Å². The highest BCUT2D eigenvalue weighted by atomic mass is 19.4. The molecule has 150 valence electrons. The van der Waals surface area contributed by atoms with Gasteiger partial charge in [-0.3, -0.25) is 4.68 Å². The van der Waals surface area contributed by atoms with E-state index in [0.717, 1.165) is 17.4 Å². The van der Waals surface area contributed by atoms with Crippen molar-refractivity contribution in [3.63, 3.8) is 0 Å². The molecule has 0 radical (unpaired) electrons. The molecule has 0 aliphatic heterocycles. The number of anilines is 1. The molecule has 1 aromatic carbocycles. The van der Waals surface area contributed by atoms with E-state index >= 15 is 0 Å². The Bertz CT molecular complexity index is 889. The Morgan fingerprint density at radius 3 is 2.39 bits per heavy atom. The number of nitrogens with one attached hydrogen (secondary N) is 1. The SMILES string of the molecule is CC.COc1ccccc1CNc1ccc(-c2cc(C(F)(F)F)nn2C)cn1. The maximum Gasteiger partial charge on any atom is 0.435 e. The maximum atomic E-state index is 12.8. The van der Waals surface area contributed by atoms with Crippen LogP contribution in [0.25, 0.3) is 11.3 Å². The molecule has 0 bridgehead atoms. The summed E-state index contributed by atoms with van der Waals surface area (Å²) in [6, 6.07) is 12.0. The summed E-state index contributed by atoms with van der Waals surface area (Å²) in [7, 11) is 3.08. The van der Waals surface area contributed by atoms with Crippen LogP contribution in [0.15, 0.2) is 48.7 Å². The summed E-state index contributed by atoms with van der Waals surface area (Å²) in [5.41, 5.74) is 0.954. The number of nitrogens with zero attached hydrogens (tertiary/aromatic N) is 3. The van der Waals surface area contributed by atoms with E-state index in [-0.39, 0.29) is 0 Å². The molecule has 0 fully saturated rings. The fourth-order valence-electron chi connectivity index (χ4n) is 2.56. The van der Waals surface area contributed by atoms with Crippen molar-refractivity contribution < 1.29 is 17.9 Å². The second kappa shape index (κ2) is 9.25. The molecule has 8 heteroatoms. The Kier molecular flexibility index (Phi) is 7.03. The van der Waals surface area contributed by atoms with Gasteiger partial charge in [0.15, 0.2) is 5.69 Å². The monoisotopic (exact) mass is 392 g/mol. The first-order chi connectivity index (χ1) is 13.4. The van der Waals surface area contributed by atoms with Crippen LogP contribution >= 0.6 is 0 Å². The van der Waals surface area contributed by atoms with Crippen LogP contribution in [0.2, 0.25) is 0 Å². The number of aryl methyl sites for hydroxylation is 1. The van der Waals surface area contributed by atoms with Crippen molar-refractivity contribution in [1.29, 1.82) is 0 Å². The lowest BCUT2D eigenvalue weighted by Crippen LogP contribution is -2.06. The lowest BCUT2D eigenvalue weighted by atomic mass is 10.2. The third kappa shape index (κ3) is 5.03. The summed E-state index contributed by atoms with van der Waals surface area (Å²) in [4.78, 5) is 4.26. The highest BCUT2D eigenvalue weighted by Crippen LogP contribution is 2.31. The molecule has 1 N–H and O–H groups in total. The van der Waals surface area contributed by atoms with Crippen LogP contribution in [0.5, 0.6) is 5.75 Å². The summed E-state index contributed by atoms with van der Waals surface area (Å²) in [5, 5.41) is 6.68. The minimum absolute atomic E-state index is 0.348. The minimum atomic E-state index is -4.47. The number of benzene rings is 1. The first kappa shape index (κ1) is 21.3. The summed E-state index contributed by atoms with van der Waals surface area (Å²) in [6.45, 7) is 4.51. The van der Waals surface area contributed by atoms with Crippen LogP contribution in [0.4, 0.5) is 19.0 Å². The van der Waals surface area contributed by atoms with E-state index in [1.807, 2.05) is 38.1 Å². The minimum Gasteiger partial charge on any atom is -0.496 e. The van der Waals surface area contributed by atoms with E-state index in [1.165, 1.54) is 17.9 Å². The van der Waals surface area contributed by atoms with Crippen LogP contribution in [0.1, 0.15) is 25.1 Å². The number of rotatable bonds is 5. The molecule has 0 unspecified atom stereocenters. The Balaban J connectivity index is 0.00000136. The molecular weight excluding hydrogens is 369 g/mol. The zero-order valence-corrected chi connectivity index (χ0v) is 16.2. The molecule has 0 saturated carbocycles. The summed E-state index contributed by atoms with van der Waals surface area (Å²) < 4.78 is 44.8. The van der Waals surface area contributed by atoms with Gasteiger partial charge in [0.1, 0.15) is 11.6 Å². The van der Waals surface area contributed by atoms with E-state index < -0.39 is 11.9 Å². The van der Waals surface area contributed by atoms with Gasteiger partial charge >= 0.3 is 6.18 Å². The standard InChI is InChI=1S/C18H17F3N4O.C2H6/c1-25-14(9-16(24-25)18(19,20)21)12-7-8-17(22-10-12)23-11-13-5-3-4-6-15(13)26-2;1-2/h3-10H,11H2,1-2H3,(H,22,23);1-2H3. The molecule has 3 aromatic rings. The molecule has 28 heavy (non-hydrogen) atoms. The van der Waals surface area contributed by atoms with Gasteiger partial charge in [-0.25, -0.2) is 4.98 Å². The molecule has 0 saturated heterocycles. The number of alkyl halides is 3. The van der Waals surface area contributed by atoms with E-state index in [1.54, 1.807) is 19.2 Å². The Morgan fingerprint density at radius 1 is 1.11 bits per heavy atom. The highest BCUT2D eigenvalue weighted by Gasteiger charge is 2.34. The molecule has 3 rings (SSSR count). The molecule has 0 aliphatic carbocycles. The van der Waals surface area contributed by atoms with E-state index in [2.05, 4.69) is 15.4 Å². The quantitative estimate of drug-likeness (QED) is 0.653. The zero-order chi connectivity index (χ0) is 20.7. The number of ether oxygens (including phenoxy) is 1. The molecular formula is C20H23F3N4O. The van der Waals surface area contributed by atoms with E-state index in [9.17, 15) is 13.2 Å². The van der Waals surface area contributed by atoms with Gasteiger partial charge in [-0.05, 0) is 24.3 Å². The van der Waals surface area contributed by atoms with Gasteiger partial charge in [0.2, 0.25) is 0 Å². The second-order valence-corrected chi connectivity index (χ2v) is 5.63. The summed E-state index contributed by atoms with van der Waals surface area (Å²) >= 11 is 0. The van der Waals surface area contributed by atoms with Crippen LogP contribution in [0.3, 0.4) is 0 Å². The number of aromatic nitrogens is 3. The van der Waals surface area contributed by atoms with Crippen LogP contribution in [-0.4, -0.2) is 21.9 Å². The number of pyridine rings is 1. The topological polar surface area (TPSA) is 52.0 Å². The molecule has 0 atom stereocenters. The molecule has 0 spiro atoms. The number of methoxy groups -OCH3 is 1. The Hall–Kier alpha value is -3.03. The van der Waals surface area contributed by atoms with E-state index in [0.29, 0.717) is 23.6 Å². The van der Waals surface area contributed by atoms with Crippen molar-refractivity contribution in [1.82, 2.24) is 14.8 Å². The second-order valence-electron chi connectivity index (χ2n) is 5.63. The zero-order valence-electron chi connectivity index (χ0n) is 16.2. The van der Waals surface area contributed by atoms with Crippen molar-refractivity contribution in [3.05, 3.63) is 59.9 Å². The number of para-hydroxylation sites is 1. The van der Waals surface area contributed by atoms with Crippen molar-refractivity contribution in [2.24, 2.45) is 7.05 Å². The number of hydrogen-bond donors (Lipinski definition) is 1. The van der Waals surface area contributed by atoms with Crippen molar-refractivity contribution in [3.8, 4) is 17.0 Å².